The van der Waals surface area contributed by atoms with Crippen LogP contribution in [0.25, 0.3) is 11.1 Å². The van der Waals surface area contributed by atoms with Gasteiger partial charge >= 0.3 is 0 Å². The summed E-state index contributed by atoms with van der Waals surface area (Å²) in [6, 6.07) is 13.2. The van der Waals surface area contributed by atoms with Crippen LogP contribution in [-0.2, 0) is 4.79 Å². The number of hydrogen-bond donors (Lipinski definition) is 2. The first-order valence-electron chi connectivity index (χ1n) is 7.96. The zero-order chi connectivity index (χ0) is 19.6. The number of hydrogen-bond acceptors (Lipinski definition) is 8. The molecule has 0 bridgehead atoms. The van der Waals surface area contributed by atoms with Crippen LogP contribution < -0.4 is 10.6 Å². The van der Waals surface area contributed by atoms with Crippen LogP contribution in [0.1, 0.15) is 11.1 Å². The second kappa shape index (κ2) is 9.90. The van der Waals surface area contributed by atoms with Gasteiger partial charge < -0.3 is 10.6 Å². The number of rotatable bonds is 8. The van der Waals surface area contributed by atoms with E-state index in [1.807, 2.05) is 6.07 Å². The number of nitrogens with zero attached hydrogens (tertiary/aromatic N) is 4. The molecule has 0 aliphatic heterocycles. The number of pyridine rings is 1. The molecular weight excluding hydrogens is 364 g/mol. The zero-order valence-corrected chi connectivity index (χ0v) is 15.3. The summed E-state index contributed by atoms with van der Waals surface area (Å²) in [6.07, 6.45) is 0. The third kappa shape index (κ3) is 4.81. The largest absolute Gasteiger partial charge is 0.367 e. The zero-order valence-electron chi connectivity index (χ0n) is 14.5. The standard InChI is InChI=1S/C18H16N6O2S/c1-21-15(25)11-27-18-14(10-20)16(12-5-3-2-4-6-12)13(9-19)17(24-18)22-7-8-23-26/h2-6H,7-8,11H2,1H3,(H,21,25)(H,22,24). The molecule has 0 spiro atoms. The summed E-state index contributed by atoms with van der Waals surface area (Å²) in [5.41, 5.74) is 1.56. The van der Waals surface area contributed by atoms with Crippen LogP contribution in [0.3, 0.4) is 0 Å². The van der Waals surface area contributed by atoms with E-state index in [1.165, 1.54) is 7.05 Å². The predicted molar refractivity (Wildman–Crippen MR) is 103 cm³/mol. The minimum Gasteiger partial charge on any atom is -0.367 e. The summed E-state index contributed by atoms with van der Waals surface area (Å²) in [5.74, 6) is 0.113. The topological polar surface area (TPSA) is 131 Å². The average Bonchev–Trinajstić information content (AvgIpc) is 2.71. The van der Waals surface area contributed by atoms with Crippen LogP contribution in [0.5, 0.6) is 0 Å². The number of nitrogens with one attached hydrogen (secondary N) is 2. The van der Waals surface area contributed by atoms with Gasteiger partial charge in [0, 0.05) is 19.2 Å². The monoisotopic (exact) mass is 380 g/mol. The number of aromatic nitrogens is 1. The smallest absolute Gasteiger partial charge is 0.230 e. The van der Waals surface area contributed by atoms with Gasteiger partial charge in [0.1, 0.15) is 28.5 Å². The summed E-state index contributed by atoms with van der Waals surface area (Å²) in [7, 11) is 1.52. The van der Waals surface area contributed by atoms with E-state index in [0.717, 1.165) is 11.8 Å². The molecule has 2 aromatic rings. The van der Waals surface area contributed by atoms with E-state index < -0.39 is 0 Å². The van der Waals surface area contributed by atoms with Crippen LogP contribution in [0.2, 0.25) is 0 Å². The number of nitroso groups, excluding NO2 is 1. The molecule has 27 heavy (non-hydrogen) atoms. The molecule has 2 rings (SSSR count). The number of carbonyl (C=O) groups is 1. The van der Waals surface area contributed by atoms with Crippen molar-refractivity contribution in [3.05, 3.63) is 46.4 Å². The molecule has 0 atom stereocenters. The summed E-state index contributed by atoms with van der Waals surface area (Å²) >= 11 is 1.11. The van der Waals surface area contributed by atoms with Crippen molar-refractivity contribution < 1.29 is 4.79 Å². The van der Waals surface area contributed by atoms with Gasteiger partial charge in [0.15, 0.2) is 0 Å². The van der Waals surface area contributed by atoms with Gasteiger partial charge in [-0.25, -0.2) is 4.98 Å². The minimum atomic E-state index is -0.212. The van der Waals surface area contributed by atoms with Crippen molar-refractivity contribution in [2.24, 2.45) is 5.18 Å². The third-order valence-corrected chi connectivity index (χ3v) is 4.54. The Balaban J connectivity index is 2.64. The highest BCUT2D eigenvalue weighted by molar-refractivity contribution is 8.00. The molecule has 9 heteroatoms. The molecule has 136 valence electrons. The fourth-order valence-electron chi connectivity index (χ4n) is 2.33. The average molecular weight is 380 g/mol. The van der Waals surface area contributed by atoms with Crippen molar-refractivity contribution in [3.63, 3.8) is 0 Å². The molecule has 0 unspecified atom stereocenters. The van der Waals surface area contributed by atoms with Gasteiger partial charge in [0.2, 0.25) is 5.91 Å². The van der Waals surface area contributed by atoms with Gasteiger partial charge in [-0.3, -0.25) is 4.79 Å². The Morgan fingerprint density at radius 3 is 2.52 bits per heavy atom. The van der Waals surface area contributed by atoms with Crippen molar-refractivity contribution in [3.8, 4) is 23.3 Å². The quantitative estimate of drug-likeness (QED) is 0.408. The van der Waals surface area contributed by atoms with Gasteiger partial charge in [-0.2, -0.15) is 15.4 Å². The first-order valence-corrected chi connectivity index (χ1v) is 8.94. The summed E-state index contributed by atoms with van der Waals surface area (Å²) in [6.45, 7) is 0.207. The number of carbonyl (C=O) groups excluding carboxylic acids is 1. The molecule has 1 amide bonds. The first kappa shape index (κ1) is 19.9. The lowest BCUT2D eigenvalue weighted by Gasteiger charge is -2.15. The molecule has 0 radical (unpaired) electrons. The Hall–Kier alpha value is -3.43. The summed E-state index contributed by atoms with van der Waals surface area (Å²) in [5, 5.41) is 28.0. The number of nitriles is 2. The molecule has 0 aliphatic carbocycles. The lowest BCUT2D eigenvalue weighted by molar-refractivity contribution is -0.118. The van der Waals surface area contributed by atoms with E-state index in [9.17, 15) is 20.2 Å². The van der Waals surface area contributed by atoms with E-state index in [1.54, 1.807) is 24.3 Å². The summed E-state index contributed by atoms with van der Waals surface area (Å²) < 4.78 is 0. The SMILES string of the molecule is CNC(=O)CSc1nc(NCCN=O)c(C#N)c(-c2ccccc2)c1C#N. The van der Waals surface area contributed by atoms with Gasteiger partial charge in [-0.1, -0.05) is 47.3 Å². The van der Waals surface area contributed by atoms with Crippen molar-refractivity contribution >= 4 is 23.5 Å². The Morgan fingerprint density at radius 1 is 1.22 bits per heavy atom. The number of benzene rings is 1. The van der Waals surface area contributed by atoms with E-state index in [0.29, 0.717) is 16.2 Å². The van der Waals surface area contributed by atoms with Crippen molar-refractivity contribution in [2.75, 3.05) is 31.2 Å². The Kier molecular flexibility index (Phi) is 7.29. The van der Waals surface area contributed by atoms with Gasteiger partial charge in [0.05, 0.1) is 17.9 Å². The van der Waals surface area contributed by atoms with Crippen molar-refractivity contribution in [1.29, 1.82) is 10.5 Å². The predicted octanol–water partition coefficient (Wildman–Crippen LogP) is 2.51. The summed E-state index contributed by atoms with van der Waals surface area (Å²) in [4.78, 5) is 26.3. The van der Waals surface area contributed by atoms with Crippen molar-refractivity contribution in [2.45, 2.75) is 5.03 Å². The first-order chi connectivity index (χ1) is 13.2. The van der Waals surface area contributed by atoms with Gasteiger partial charge in [-0.15, -0.1) is 0 Å². The van der Waals surface area contributed by atoms with Crippen LogP contribution in [0.4, 0.5) is 5.82 Å². The maximum absolute atomic E-state index is 11.6. The third-order valence-electron chi connectivity index (χ3n) is 3.56. The van der Waals surface area contributed by atoms with E-state index >= 15 is 0 Å². The number of thioether (sulfide) groups is 1. The van der Waals surface area contributed by atoms with E-state index in [-0.39, 0.29) is 41.7 Å². The minimum absolute atomic E-state index is 0.00787. The van der Waals surface area contributed by atoms with Crippen LogP contribution in [0, 0.1) is 27.6 Å². The van der Waals surface area contributed by atoms with Gasteiger partial charge in [0.25, 0.3) is 0 Å². The molecule has 1 heterocycles. The lowest BCUT2D eigenvalue weighted by atomic mass is 9.97. The molecule has 0 saturated carbocycles. The lowest BCUT2D eigenvalue weighted by Crippen LogP contribution is -2.20. The normalized spacial score (nSPS) is 9.74. The molecule has 0 fully saturated rings. The molecule has 0 saturated heterocycles. The van der Waals surface area contributed by atoms with Crippen molar-refractivity contribution in [1.82, 2.24) is 10.3 Å². The molecule has 1 aromatic heterocycles. The highest BCUT2D eigenvalue weighted by Crippen LogP contribution is 2.36. The van der Waals surface area contributed by atoms with E-state index in [4.69, 9.17) is 0 Å². The number of anilines is 1. The second-order valence-electron chi connectivity index (χ2n) is 5.22. The fourth-order valence-corrected chi connectivity index (χ4v) is 3.19. The highest BCUT2D eigenvalue weighted by Gasteiger charge is 2.22. The molecule has 2 N–H and O–H groups in total. The van der Waals surface area contributed by atoms with Crippen LogP contribution in [-0.4, -0.2) is 36.8 Å². The van der Waals surface area contributed by atoms with Gasteiger partial charge in [-0.05, 0) is 5.56 Å². The Labute approximate surface area is 160 Å². The fraction of sp³-hybridized carbons (Fsp3) is 0.222. The Morgan fingerprint density at radius 2 is 1.93 bits per heavy atom. The second-order valence-corrected chi connectivity index (χ2v) is 6.19. The van der Waals surface area contributed by atoms with Crippen LogP contribution >= 0.6 is 11.8 Å². The van der Waals surface area contributed by atoms with E-state index in [2.05, 4.69) is 32.9 Å². The number of amides is 1. The Bertz CT molecular complexity index is 918. The van der Waals surface area contributed by atoms with Crippen LogP contribution in [0.15, 0.2) is 40.5 Å². The highest BCUT2D eigenvalue weighted by atomic mass is 32.2. The maximum atomic E-state index is 11.6. The molecular formula is C18H16N6O2S. The molecule has 0 aliphatic rings. The molecule has 8 nitrogen and oxygen atoms in total. The molecule has 1 aromatic carbocycles. The maximum Gasteiger partial charge on any atom is 0.230 e.